The summed E-state index contributed by atoms with van der Waals surface area (Å²) in [5, 5.41) is 9.00. The molecule has 1 aliphatic heterocycles. The highest BCUT2D eigenvalue weighted by molar-refractivity contribution is 9.10. The number of rotatable bonds is 6. The molecule has 0 saturated carbocycles. The number of likely N-dealkylation sites (tertiary alicyclic amines) is 1. The molecule has 0 aliphatic carbocycles. The molecule has 1 atom stereocenters. The molecule has 1 heterocycles. The Bertz CT molecular complexity index is 501. The maximum Gasteiger partial charge on any atom is 0.317 e. The Balaban J connectivity index is 1.92. The number of aliphatic carboxylic acids is 1. The van der Waals surface area contributed by atoms with Gasteiger partial charge < -0.3 is 5.11 Å². The van der Waals surface area contributed by atoms with E-state index >= 15 is 0 Å². The topological polar surface area (TPSA) is 43.8 Å². The van der Waals surface area contributed by atoms with E-state index in [1.807, 2.05) is 13.0 Å². The summed E-state index contributed by atoms with van der Waals surface area (Å²) in [5.41, 5.74) is 1.32. The van der Waals surface area contributed by atoms with Gasteiger partial charge in [0.25, 0.3) is 0 Å². The van der Waals surface area contributed by atoms with E-state index in [1.54, 1.807) is 0 Å². The molecule has 1 aromatic carbocycles. The average Bonchev–Trinajstić information content (AvgIpc) is 2.52. The van der Waals surface area contributed by atoms with Gasteiger partial charge in [0, 0.05) is 29.6 Å². The number of hydrogen-bond acceptors (Lipinski definition) is 3. The molecule has 1 saturated heterocycles. The van der Waals surface area contributed by atoms with Gasteiger partial charge in [-0.05, 0) is 44.0 Å². The number of carboxylic acid groups (broad SMARTS) is 1. The molecule has 1 unspecified atom stereocenters. The van der Waals surface area contributed by atoms with Crippen LogP contribution in [0.5, 0.6) is 0 Å². The normalized spacial score (nSPS) is 18.5. The molecule has 0 amide bonds. The fourth-order valence-electron chi connectivity index (χ4n) is 3.29. The Morgan fingerprint density at radius 3 is 2.68 bits per heavy atom. The number of carbonyl (C=O) groups is 1. The number of halogens is 1. The van der Waals surface area contributed by atoms with Crippen molar-refractivity contribution in [3.8, 4) is 0 Å². The van der Waals surface area contributed by atoms with Crippen LogP contribution in [0, 0.1) is 0 Å². The summed E-state index contributed by atoms with van der Waals surface area (Å²) in [7, 11) is 0. The van der Waals surface area contributed by atoms with Crippen LogP contribution in [-0.4, -0.2) is 53.1 Å². The summed E-state index contributed by atoms with van der Waals surface area (Å²) < 4.78 is 1.12. The molecule has 2 rings (SSSR count). The summed E-state index contributed by atoms with van der Waals surface area (Å²) in [6.07, 6.45) is 2.08. The molecule has 4 nitrogen and oxygen atoms in total. The zero-order chi connectivity index (χ0) is 16.1. The lowest BCUT2D eigenvalue weighted by molar-refractivity contribution is -0.139. The average molecular weight is 369 g/mol. The lowest BCUT2D eigenvalue weighted by atomic mass is 9.99. The zero-order valence-electron chi connectivity index (χ0n) is 13.3. The SMILES string of the molecule is CCN(CC(=O)O)C1CCN(C(C)c2cccc(Br)c2)CC1. The number of likely N-dealkylation sites (N-methyl/N-ethyl adjacent to an activating group) is 1. The quantitative estimate of drug-likeness (QED) is 0.835. The molecule has 1 N–H and O–H groups in total. The summed E-state index contributed by atoms with van der Waals surface area (Å²) in [5.74, 6) is -0.730. The fourth-order valence-corrected chi connectivity index (χ4v) is 3.71. The Labute approximate surface area is 141 Å². The van der Waals surface area contributed by atoms with Crippen molar-refractivity contribution >= 4 is 21.9 Å². The molecular weight excluding hydrogens is 344 g/mol. The molecule has 0 spiro atoms. The number of nitrogens with zero attached hydrogens (tertiary/aromatic N) is 2. The second kappa shape index (κ2) is 8.09. The molecule has 1 aromatic rings. The van der Waals surface area contributed by atoms with Crippen molar-refractivity contribution in [1.82, 2.24) is 9.80 Å². The van der Waals surface area contributed by atoms with E-state index in [2.05, 4.69) is 50.9 Å². The maximum absolute atomic E-state index is 10.9. The second-order valence-corrected chi connectivity index (χ2v) is 6.87. The van der Waals surface area contributed by atoms with Gasteiger partial charge in [-0.25, -0.2) is 0 Å². The van der Waals surface area contributed by atoms with Crippen LogP contribution in [0.25, 0.3) is 0 Å². The van der Waals surface area contributed by atoms with Crippen LogP contribution in [0.1, 0.15) is 38.3 Å². The van der Waals surface area contributed by atoms with E-state index in [9.17, 15) is 4.79 Å². The largest absolute Gasteiger partial charge is 0.480 e. The smallest absolute Gasteiger partial charge is 0.317 e. The van der Waals surface area contributed by atoms with Crippen molar-refractivity contribution in [3.63, 3.8) is 0 Å². The summed E-state index contributed by atoms with van der Waals surface area (Å²) in [6.45, 7) is 7.29. The monoisotopic (exact) mass is 368 g/mol. The third-order valence-electron chi connectivity index (χ3n) is 4.64. The standard InChI is InChI=1S/C17H25BrN2O2/c1-3-19(12-17(21)22)16-7-9-20(10-8-16)13(2)14-5-4-6-15(18)11-14/h4-6,11,13,16H,3,7-10,12H2,1-2H3,(H,21,22). The minimum atomic E-state index is -0.730. The molecule has 0 aromatic heterocycles. The number of benzene rings is 1. The number of hydrogen-bond donors (Lipinski definition) is 1. The van der Waals surface area contributed by atoms with Crippen LogP contribution < -0.4 is 0 Å². The van der Waals surface area contributed by atoms with Crippen molar-refractivity contribution in [2.75, 3.05) is 26.2 Å². The van der Waals surface area contributed by atoms with E-state index < -0.39 is 5.97 Å². The molecule has 122 valence electrons. The Morgan fingerprint density at radius 1 is 1.45 bits per heavy atom. The van der Waals surface area contributed by atoms with E-state index in [0.717, 1.165) is 36.9 Å². The van der Waals surface area contributed by atoms with Gasteiger partial charge in [0.05, 0.1) is 6.54 Å². The highest BCUT2D eigenvalue weighted by Gasteiger charge is 2.27. The van der Waals surface area contributed by atoms with Crippen molar-refractivity contribution in [3.05, 3.63) is 34.3 Å². The molecule has 0 bridgehead atoms. The highest BCUT2D eigenvalue weighted by atomic mass is 79.9. The van der Waals surface area contributed by atoms with Gasteiger partial charge in [0.1, 0.15) is 0 Å². The van der Waals surface area contributed by atoms with Crippen LogP contribution in [0.4, 0.5) is 0 Å². The Hall–Kier alpha value is -0.910. The lowest BCUT2D eigenvalue weighted by Crippen LogP contribution is -2.47. The highest BCUT2D eigenvalue weighted by Crippen LogP contribution is 2.27. The molecule has 22 heavy (non-hydrogen) atoms. The van der Waals surface area contributed by atoms with Crippen molar-refractivity contribution in [2.24, 2.45) is 0 Å². The summed E-state index contributed by atoms with van der Waals surface area (Å²) in [6, 6.07) is 9.27. The molecule has 1 fully saturated rings. The van der Waals surface area contributed by atoms with Crippen LogP contribution in [0.3, 0.4) is 0 Å². The van der Waals surface area contributed by atoms with Crippen molar-refractivity contribution in [1.29, 1.82) is 0 Å². The zero-order valence-corrected chi connectivity index (χ0v) is 14.9. The van der Waals surface area contributed by atoms with Crippen LogP contribution >= 0.6 is 15.9 Å². The molecular formula is C17H25BrN2O2. The Kier molecular flexibility index (Phi) is 6.41. The van der Waals surface area contributed by atoms with Crippen LogP contribution in [0.15, 0.2) is 28.7 Å². The van der Waals surface area contributed by atoms with Gasteiger partial charge in [-0.3, -0.25) is 14.6 Å². The first-order valence-electron chi connectivity index (χ1n) is 7.96. The predicted octanol–water partition coefficient (Wildman–Crippen LogP) is 3.38. The minimum absolute atomic E-state index is 0.155. The third-order valence-corrected chi connectivity index (χ3v) is 5.13. The van der Waals surface area contributed by atoms with E-state index in [1.165, 1.54) is 5.56 Å². The first-order chi connectivity index (χ1) is 10.5. The molecule has 0 radical (unpaired) electrons. The Morgan fingerprint density at radius 2 is 2.14 bits per heavy atom. The van der Waals surface area contributed by atoms with E-state index in [4.69, 9.17) is 5.11 Å². The molecule has 5 heteroatoms. The van der Waals surface area contributed by atoms with Gasteiger partial charge in [-0.15, -0.1) is 0 Å². The van der Waals surface area contributed by atoms with Crippen molar-refractivity contribution in [2.45, 2.75) is 38.8 Å². The van der Waals surface area contributed by atoms with Gasteiger partial charge in [-0.1, -0.05) is 35.0 Å². The van der Waals surface area contributed by atoms with Crippen LogP contribution in [-0.2, 0) is 4.79 Å². The third kappa shape index (κ3) is 4.54. The number of piperidine rings is 1. The maximum atomic E-state index is 10.9. The van der Waals surface area contributed by atoms with Gasteiger partial charge in [0.15, 0.2) is 0 Å². The van der Waals surface area contributed by atoms with Crippen LogP contribution in [0.2, 0.25) is 0 Å². The number of carboxylic acids is 1. The summed E-state index contributed by atoms with van der Waals surface area (Å²) in [4.78, 5) is 15.5. The lowest BCUT2D eigenvalue weighted by Gasteiger charge is -2.40. The van der Waals surface area contributed by atoms with Gasteiger partial charge >= 0.3 is 5.97 Å². The van der Waals surface area contributed by atoms with Gasteiger partial charge in [0.2, 0.25) is 0 Å². The van der Waals surface area contributed by atoms with Crippen molar-refractivity contribution < 1.29 is 9.90 Å². The molecule has 1 aliphatic rings. The first kappa shape index (κ1) is 17.4. The van der Waals surface area contributed by atoms with E-state index in [-0.39, 0.29) is 6.54 Å². The van der Waals surface area contributed by atoms with Gasteiger partial charge in [-0.2, -0.15) is 0 Å². The predicted molar refractivity (Wildman–Crippen MR) is 92.0 cm³/mol. The second-order valence-electron chi connectivity index (χ2n) is 5.95. The fraction of sp³-hybridized carbons (Fsp3) is 0.588. The summed E-state index contributed by atoms with van der Waals surface area (Å²) >= 11 is 3.53. The first-order valence-corrected chi connectivity index (χ1v) is 8.76. The minimum Gasteiger partial charge on any atom is -0.480 e. The van der Waals surface area contributed by atoms with E-state index in [0.29, 0.717) is 12.1 Å².